The van der Waals surface area contributed by atoms with Crippen LogP contribution in [-0.4, -0.2) is 48.9 Å². The summed E-state index contributed by atoms with van der Waals surface area (Å²) in [5.74, 6) is -0.539. The first kappa shape index (κ1) is 19.9. The minimum absolute atomic E-state index is 0.163. The number of benzene rings is 2. The Bertz CT molecular complexity index is 924. The molecule has 0 bridgehead atoms. The van der Waals surface area contributed by atoms with Gasteiger partial charge in [0, 0.05) is 18.7 Å². The molecule has 0 N–H and O–H groups in total. The van der Waals surface area contributed by atoms with Gasteiger partial charge in [0.2, 0.25) is 12.0 Å². The van der Waals surface area contributed by atoms with Crippen molar-refractivity contribution in [1.82, 2.24) is 4.90 Å². The molecule has 0 saturated carbocycles. The van der Waals surface area contributed by atoms with E-state index in [1.807, 2.05) is 12.1 Å². The summed E-state index contributed by atoms with van der Waals surface area (Å²) in [6, 6.07) is 16.1. The number of fused-ring (bicyclic) bond motifs is 1. The summed E-state index contributed by atoms with van der Waals surface area (Å²) < 4.78 is 11.3. The van der Waals surface area contributed by atoms with Crippen molar-refractivity contribution in [3.05, 3.63) is 60.2 Å². The third kappa shape index (κ3) is 4.30. The highest BCUT2D eigenvalue weighted by Gasteiger charge is 2.32. The van der Waals surface area contributed by atoms with Crippen molar-refractivity contribution in [3.63, 3.8) is 0 Å². The molecule has 1 atom stereocenters. The van der Waals surface area contributed by atoms with Crippen LogP contribution in [0.2, 0.25) is 0 Å². The van der Waals surface area contributed by atoms with E-state index < -0.39 is 12.1 Å². The minimum Gasteiger partial charge on any atom is -0.491 e. The van der Waals surface area contributed by atoms with E-state index in [-0.39, 0.29) is 31.4 Å². The van der Waals surface area contributed by atoms with Crippen molar-refractivity contribution in [2.24, 2.45) is 0 Å². The second kappa shape index (κ2) is 8.98. The van der Waals surface area contributed by atoms with Gasteiger partial charge in [0.15, 0.2) is 0 Å². The fourth-order valence-corrected chi connectivity index (χ4v) is 3.78. The van der Waals surface area contributed by atoms with Gasteiger partial charge in [-0.2, -0.15) is 0 Å². The molecule has 0 unspecified atom stereocenters. The highest BCUT2D eigenvalue weighted by molar-refractivity contribution is 6.00. The molecule has 1 fully saturated rings. The van der Waals surface area contributed by atoms with Crippen molar-refractivity contribution in [3.8, 4) is 5.75 Å². The van der Waals surface area contributed by atoms with E-state index in [0.29, 0.717) is 30.1 Å². The molecule has 0 radical (unpaired) electrons. The zero-order chi connectivity index (χ0) is 20.9. The predicted octanol–water partition coefficient (Wildman–Crippen LogP) is 2.71. The Labute approximate surface area is 175 Å². The van der Waals surface area contributed by atoms with E-state index in [9.17, 15) is 14.4 Å². The Balaban J connectivity index is 1.54. The zero-order valence-corrected chi connectivity index (χ0v) is 16.7. The number of hydrogen-bond acceptors (Lipinski definition) is 5. The molecule has 0 aromatic heterocycles. The van der Waals surface area contributed by atoms with Crippen LogP contribution < -0.4 is 9.64 Å². The van der Waals surface area contributed by atoms with E-state index in [0.717, 1.165) is 12.8 Å². The number of amides is 2. The second-order valence-electron chi connectivity index (χ2n) is 7.36. The lowest BCUT2D eigenvalue weighted by Crippen LogP contribution is -2.39. The number of para-hydroxylation sites is 2. The summed E-state index contributed by atoms with van der Waals surface area (Å²) in [5, 5.41) is 0. The van der Waals surface area contributed by atoms with Crippen molar-refractivity contribution >= 4 is 23.5 Å². The van der Waals surface area contributed by atoms with E-state index in [4.69, 9.17) is 9.47 Å². The van der Waals surface area contributed by atoms with Gasteiger partial charge in [-0.1, -0.05) is 42.5 Å². The van der Waals surface area contributed by atoms with Crippen LogP contribution in [0.4, 0.5) is 5.69 Å². The quantitative estimate of drug-likeness (QED) is 0.711. The van der Waals surface area contributed by atoms with Crippen LogP contribution in [0.1, 0.15) is 30.9 Å². The summed E-state index contributed by atoms with van der Waals surface area (Å²) in [6.45, 7) is 1.29. The first-order valence-corrected chi connectivity index (χ1v) is 10.2. The summed E-state index contributed by atoms with van der Waals surface area (Å²) in [4.78, 5) is 41.6. The van der Waals surface area contributed by atoms with Crippen molar-refractivity contribution < 1.29 is 23.9 Å². The molecule has 4 rings (SSSR count). The molecule has 2 amide bonds. The number of carbonyl (C=O) groups is 3. The fraction of sp³-hybridized carbons (Fsp3) is 0.348. The largest absolute Gasteiger partial charge is 0.491 e. The number of hydrogen-bond donors (Lipinski definition) is 0. The topological polar surface area (TPSA) is 76.1 Å². The summed E-state index contributed by atoms with van der Waals surface area (Å²) in [7, 11) is 0. The smallest absolute Gasteiger partial charge is 0.327 e. The number of esters is 1. The maximum atomic E-state index is 13.0. The monoisotopic (exact) mass is 408 g/mol. The lowest BCUT2D eigenvalue weighted by atomic mass is 10.1. The van der Waals surface area contributed by atoms with E-state index in [1.165, 1.54) is 4.90 Å². The summed E-state index contributed by atoms with van der Waals surface area (Å²) >= 11 is 0. The molecule has 2 aromatic carbocycles. The van der Waals surface area contributed by atoms with Gasteiger partial charge >= 0.3 is 5.97 Å². The highest BCUT2D eigenvalue weighted by atomic mass is 16.5. The van der Waals surface area contributed by atoms with Crippen LogP contribution in [0.5, 0.6) is 5.75 Å². The molecule has 1 saturated heterocycles. The summed E-state index contributed by atoms with van der Waals surface area (Å²) in [6.07, 6.45) is 1.03. The molecule has 7 nitrogen and oxygen atoms in total. The number of likely N-dealkylation sites (tertiary alicyclic amines) is 1. The van der Waals surface area contributed by atoms with Crippen molar-refractivity contribution in [2.75, 3.05) is 31.1 Å². The highest BCUT2D eigenvalue weighted by Crippen LogP contribution is 2.31. The summed E-state index contributed by atoms with van der Waals surface area (Å²) in [5.41, 5.74) is 1.15. The molecule has 30 heavy (non-hydrogen) atoms. The third-order valence-electron chi connectivity index (χ3n) is 5.31. The Hall–Kier alpha value is -3.35. The minimum atomic E-state index is -1.02. The van der Waals surface area contributed by atoms with Gasteiger partial charge in [0.05, 0.1) is 18.7 Å². The van der Waals surface area contributed by atoms with Gasteiger partial charge in [-0.05, 0) is 25.0 Å². The van der Waals surface area contributed by atoms with Gasteiger partial charge in [-0.3, -0.25) is 19.3 Å². The fourth-order valence-electron chi connectivity index (χ4n) is 3.78. The maximum Gasteiger partial charge on any atom is 0.327 e. The van der Waals surface area contributed by atoms with E-state index >= 15 is 0 Å². The van der Waals surface area contributed by atoms with Gasteiger partial charge in [0.1, 0.15) is 12.3 Å². The number of nitrogens with zero attached hydrogens (tertiary/aromatic N) is 2. The van der Waals surface area contributed by atoms with Crippen molar-refractivity contribution in [1.29, 1.82) is 0 Å². The van der Waals surface area contributed by atoms with Crippen LogP contribution in [-0.2, 0) is 19.1 Å². The molecule has 0 aliphatic carbocycles. The lowest BCUT2D eigenvalue weighted by Gasteiger charge is -2.25. The van der Waals surface area contributed by atoms with Crippen molar-refractivity contribution in [2.45, 2.75) is 25.4 Å². The molecule has 7 heteroatoms. The molecule has 2 aromatic rings. The van der Waals surface area contributed by atoms with Crippen LogP contribution in [0.25, 0.3) is 0 Å². The number of ether oxygens (including phenoxy) is 2. The Morgan fingerprint density at radius 1 is 1.00 bits per heavy atom. The third-order valence-corrected chi connectivity index (χ3v) is 5.31. The molecule has 2 aliphatic rings. The van der Waals surface area contributed by atoms with Gasteiger partial charge in [0.25, 0.3) is 5.91 Å². The lowest BCUT2D eigenvalue weighted by molar-refractivity contribution is -0.159. The second-order valence-corrected chi connectivity index (χ2v) is 7.36. The number of anilines is 1. The van der Waals surface area contributed by atoms with E-state index in [1.54, 1.807) is 47.4 Å². The standard InChI is InChI=1S/C23H24N2O5/c26-20-12-15-29-19-11-5-4-10-18(19)25(20)16-21(27)30-22(17-8-2-1-3-9-17)23(28)24-13-6-7-14-24/h1-5,8-11,22H,6-7,12-16H2/t22-/m0/s1. The Morgan fingerprint density at radius 3 is 2.47 bits per heavy atom. The predicted molar refractivity (Wildman–Crippen MR) is 110 cm³/mol. The van der Waals surface area contributed by atoms with Crippen LogP contribution in [0.15, 0.2) is 54.6 Å². The average molecular weight is 408 g/mol. The van der Waals surface area contributed by atoms with Gasteiger partial charge < -0.3 is 14.4 Å². The Morgan fingerprint density at radius 2 is 1.70 bits per heavy atom. The molecule has 0 spiro atoms. The first-order valence-electron chi connectivity index (χ1n) is 10.2. The first-order chi connectivity index (χ1) is 14.6. The SMILES string of the molecule is O=C(CN1C(=O)CCOc2ccccc21)O[C@H](C(=O)N1CCCC1)c1ccccc1. The normalized spacial score (nSPS) is 17.0. The average Bonchev–Trinajstić information content (AvgIpc) is 3.26. The molecule has 156 valence electrons. The zero-order valence-electron chi connectivity index (χ0n) is 16.7. The number of rotatable bonds is 5. The van der Waals surface area contributed by atoms with Crippen LogP contribution in [0, 0.1) is 0 Å². The molecular formula is C23H24N2O5. The van der Waals surface area contributed by atoms with E-state index in [2.05, 4.69) is 0 Å². The maximum absolute atomic E-state index is 13.0. The van der Waals surface area contributed by atoms with Gasteiger partial charge in [-0.15, -0.1) is 0 Å². The molecular weight excluding hydrogens is 384 g/mol. The molecule has 2 heterocycles. The van der Waals surface area contributed by atoms with Crippen LogP contribution >= 0.6 is 0 Å². The number of carbonyl (C=O) groups excluding carboxylic acids is 3. The Kier molecular flexibility index (Phi) is 5.97. The molecule has 2 aliphatic heterocycles. The van der Waals surface area contributed by atoms with Crippen LogP contribution in [0.3, 0.4) is 0 Å². The van der Waals surface area contributed by atoms with Gasteiger partial charge in [-0.25, -0.2) is 0 Å².